The highest BCUT2D eigenvalue weighted by Crippen LogP contribution is 2.20. The van der Waals surface area contributed by atoms with Gasteiger partial charge in [0.25, 0.3) is 5.91 Å². The number of amides is 1. The molecule has 0 unspecified atom stereocenters. The maximum Gasteiger partial charge on any atom is 0.277 e. The molecule has 21 heavy (non-hydrogen) atoms. The first kappa shape index (κ1) is 15.4. The molecule has 1 aromatic rings. The predicted molar refractivity (Wildman–Crippen MR) is 81.7 cm³/mol. The number of nitrogens with zero attached hydrogens (tertiary/aromatic N) is 1. The van der Waals surface area contributed by atoms with Crippen molar-refractivity contribution in [3.8, 4) is 11.5 Å². The van der Waals surface area contributed by atoms with Crippen LogP contribution in [0.2, 0.25) is 0 Å². The maximum absolute atomic E-state index is 11.7. The molecule has 5 nitrogen and oxygen atoms in total. The van der Waals surface area contributed by atoms with Crippen molar-refractivity contribution in [3.63, 3.8) is 0 Å². The fraction of sp³-hybridized carbons (Fsp3) is 0.500. The van der Waals surface area contributed by atoms with Gasteiger partial charge in [0.1, 0.15) is 11.5 Å². The second-order valence-corrected chi connectivity index (χ2v) is 5.25. The lowest BCUT2D eigenvalue weighted by Gasteiger charge is -2.19. The molecule has 1 aliphatic carbocycles. The molecule has 0 spiro atoms. The first-order valence-electron chi connectivity index (χ1n) is 7.31. The molecule has 1 aromatic carbocycles. The van der Waals surface area contributed by atoms with Crippen LogP contribution in [0.15, 0.2) is 29.4 Å². The highest BCUT2D eigenvalue weighted by Gasteiger charge is 2.16. The van der Waals surface area contributed by atoms with Crippen LogP contribution in [0.1, 0.15) is 32.6 Å². The van der Waals surface area contributed by atoms with E-state index in [1.54, 1.807) is 31.4 Å². The number of carbonyl (C=O) groups excluding carboxylic acids is 1. The fourth-order valence-corrected chi connectivity index (χ4v) is 2.32. The molecule has 1 N–H and O–H groups in total. The van der Waals surface area contributed by atoms with Gasteiger partial charge in [-0.05, 0) is 49.4 Å². The van der Waals surface area contributed by atoms with Crippen LogP contribution in [0.4, 0.5) is 0 Å². The minimum Gasteiger partial charge on any atom is -0.497 e. The predicted octanol–water partition coefficient (Wildman–Crippen LogP) is 2.76. The van der Waals surface area contributed by atoms with E-state index in [4.69, 9.17) is 9.47 Å². The van der Waals surface area contributed by atoms with Crippen molar-refractivity contribution in [2.45, 2.75) is 32.6 Å². The average Bonchev–Trinajstić information content (AvgIpc) is 2.52. The van der Waals surface area contributed by atoms with E-state index in [1.165, 1.54) is 6.42 Å². The first-order valence-corrected chi connectivity index (χ1v) is 7.31. The lowest BCUT2D eigenvalue weighted by Crippen LogP contribution is -2.28. The number of carbonyl (C=O) groups is 1. The topological polar surface area (TPSA) is 59.9 Å². The molecule has 114 valence electrons. The molecule has 0 aliphatic heterocycles. The maximum atomic E-state index is 11.7. The van der Waals surface area contributed by atoms with Crippen LogP contribution in [-0.4, -0.2) is 25.3 Å². The number of methoxy groups -OCH3 is 1. The molecule has 1 aliphatic rings. The van der Waals surface area contributed by atoms with Crippen LogP contribution < -0.4 is 14.9 Å². The van der Waals surface area contributed by atoms with Crippen molar-refractivity contribution >= 4 is 11.6 Å². The van der Waals surface area contributed by atoms with Crippen molar-refractivity contribution in [2.75, 3.05) is 13.7 Å². The smallest absolute Gasteiger partial charge is 0.277 e. The third-order valence-corrected chi connectivity index (χ3v) is 3.64. The first-order chi connectivity index (χ1) is 10.2. The zero-order chi connectivity index (χ0) is 15.1. The van der Waals surface area contributed by atoms with Crippen LogP contribution in [0, 0.1) is 5.92 Å². The molecule has 2 rings (SSSR count). The second-order valence-electron chi connectivity index (χ2n) is 5.25. The van der Waals surface area contributed by atoms with Gasteiger partial charge in [-0.25, -0.2) is 5.43 Å². The minimum absolute atomic E-state index is 0.0442. The highest BCUT2D eigenvalue weighted by molar-refractivity contribution is 5.88. The van der Waals surface area contributed by atoms with Crippen molar-refractivity contribution in [1.82, 2.24) is 5.43 Å². The quantitative estimate of drug-likeness (QED) is 0.848. The Kier molecular flexibility index (Phi) is 5.60. The SMILES string of the molecule is COc1ccc(OCC(=O)N/N=C2/CCCC[C@H]2C)cc1. The van der Waals surface area contributed by atoms with E-state index in [9.17, 15) is 4.79 Å². The fourth-order valence-electron chi connectivity index (χ4n) is 2.32. The molecular weight excluding hydrogens is 268 g/mol. The van der Waals surface area contributed by atoms with Gasteiger partial charge in [-0.15, -0.1) is 0 Å². The Morgan fingerprint density at radius 2 is 2.00 bits per heavy atom. The highest BCUT2D eigenvalue weighted by atomic mass is 16.5. The molecule has 0 bridgehead atoms. The van der Waals surface area contributed by atoms with Crippen molar-refractivity contribution in [2.24, 2.45) is 11.0 Å². The standard InChI is InChI=1S/C16H22N2O3/c1-12-5-3-4-6-15(12)17-18-16(19)11-21-14-9-7-13(20-2)8-10-14/h7-10,12H,3-6,11H2,1-2H3,(H,18,19)/b17-15-/t12-/m1/s1. The molecule has 5 heteroatoms. The Bertz CT molecular complexity index is 497. The molecule has 1 amide bonds. The summed E-state index contributed by atoms with van der Waals surface area (Å²) in [6.07, 6.45) is 4.52. The summed E-state index contributed by atoms with van der Waals surface area (Å²) in [4.78, 5) is 11.7. The molecule has 0 heterocycles. The van der Waals surface area contributed by atoms with Gasteiger partial charge in [-0.2, -0.15) is 5.10 Å². The number of hydrogen-bond acceptors (Lipinski definition) is 4. The summed E-state index contributed by atoms with van der Waals surface area (Å²) in [5.41, 5.74) is 3.66. The second kappa shape index (κ2) is 7.67. The molecule has 1 fully saturated rings. The van der Waals surface area contributed by atoms with Gasteiger partial charge in [0.05, 0.1) is 7.11 Å². The molecule has 1 saturated carbocycles. The Labute approximate surface area is 125 Å². The van der Waals surface area contributed by atoms with E-state index >= 15 is 0 Å². The molecule has 0 aromatic heterocycles. The summed E-state index contributed by atoms with van der Waals surface area (Å²) >= 11 is 0. The Balaban J connectivity index is 1.77. The summed E-state index contributed by atoms with van der Waals surface area (Å²) in [5, 5.41) is 4.22. The van der Waals surface area contributed by atoms with Crippen LogP contribution in [0.3, 0.4) is 0 Å². The Morgan fingerprint density at radius 1 is 1.29 bits per heavy atom. The van der Waals surface area contributed by atoms with Gasteiger partial charge >= 0.3 is 0 Å². The van der Waals surface area contributed by atoms with Crippen LogP contribution in [-0.2, 0) is 4.79 Å². The van der Waals surface area contributed by atoms with E-state index in [1.807, 2.05) is 0 Å². The summed E-state index contributed by atoms with van der Waals surface area (Å²) < 4.78 is 10.5. The third kappa shape index (κ3) is 4.77. The minimum atomic E-state index is -0.240. The van der Waals surface area contributed by atoms with E-state index in [0.29, 0.717) is 11.7 Å². The number of hydrazone groups is 1. The summed E-state index contributed by atoms with van der Waals surface area (Å²) in [6, 6.07) is 7.11. The van der Waals surface area contributed by atoms with Crippen LogP contribution in [0.5, 0.6) is 11.5 Å². The largest absolute Gasteiger partial charge is 0.497 e. The normalized spacial score (nSPS) is 20.1. The molecule has 0 saturated heterocycles. The zero-order valence-electron chi connectivity index (χ0n) is 12.6. The van der Waals surface area contributed by atoms with Crippen molar-refractivity contribution in [3.05, 3.63) is 24.3 Å². The van der Waals surface area contributed by atoms with Gasteiger partial charge in [0.15, 0.2) is 6.61 Å². The lowest BCUT2D eigenvalue weighted by molar-refractivity contribution is -0.123. The zero-order valence-corrected chi connectivity index (χ0v) is 12.6. The summed E-state index contributed by atoms with van der Waals surface area (Å²) in [7, 11) is 1.61. The molecular formula is C16H22N2O3. The van der Waals surface area contributed by atoms with Gasteiger partial charge < -0.3 is 9.47 Å². The van der Waals surface area contributed by atoms with Gasteiger partial charge in [0.2, 0.25) is 0 Å². The third-order valence-electron chi connectivity index (χ3n) is 3.64. The van der Waals surface area contributed by atoms with E-state index < -0.39 is 0 Å². The van der Waals surface area contributed by atoms with Crippen LogP contribution >= 0.6 is 0 Å². The van der Waals surface area contributed by atoms with Gasteiger partial charge in [0, 0.05) is 5.71 Å². The van der Waals surface area contributed by atoms with Gasteiger partial charge in [-0.3, -0.25) is 4.79 Å². The number of ether oxygens (including phenoxy) is 2. The number of nitrogens with one attached hydrogen (secondary N) is 1. The monoisotopic (exact) mass is 290 g/mol. The Morgan fingerprint density at radius 3 is 2.67 bits per heavy atom. The Hall–Kier alpha value is -2.04. The average molecular weight is 290 g/mol. The summed E-state index contributed by atoms with van der Waals surface area (Å²) in [5.74, 6) is 1.60. The van der Waals surface area contributed by atoms with E-state index in [2.05, 4.69) is 17.5 Å². The molecule has 1 atom stereocenters. The summed E-state index contributed by atoms with van der Waals surface area (Å²) in [6.45, 7) is 2.11. The lowest BCUT2D eigenvalue weighted by atomic mass is 9.89. The van der Waals surface area contributed by atoms with Crippen molar-refractivity contribution in [1.29, 1.82) is 0 Å². The van der Waals surface area contributed by atoms with Crippen molar-refractivity contribution < 1.29 is 14.3 Å². The number of rotatable bonds is 5. The van der Waals surface area contributed by atoms with E-state index in [-0.39, 0.29) is 12.5 Å². The molecule has 0 radical (unpaired) electrons. The van der Waals surface area contributed by atoms with Crippen LogP contribution in [0.25, 0.3) is 0 Å². The number of hydrogen-bond donors (Lipinski definition) is 1. The van der Waals surface area contributed by atoms with E-state index in [0.717, 1.165) is 30.7 Å². The van der Waals surface area contributed by atoms with Gasteiger partial charge in [-0.1, -0.05) is 13.3 Å². The number of benzene rings is 1.